The Bertz CT molecular complexity index is 319. The minimum Gasteiger partial charge on any atom is -0.480 e. The van der Waals surface area contributed by atoms with Gasteiger partial charge in [0.2, 0.25) is 5.91 Å². The third kappa shape index (κ3) is 5.51. The number of urea groups is 1. The van der Waals surface area contributed by atoms with Crippen molar-refractivity contribution >= 4 is 17.9 Å². The Morgan fingerprint density at radius 2 is 1.78 bits per heavy atom. The van der Waals surface area contributed by atoms with Gasteiger partial charge in [-0.15, -0.1) is 0 Å². The first-order chi connectivity index (χ1) is 8.35. The summed E-state index contributed by atoms with van der Waals surface area (Å²) in [5.41, 5.74) is -1.30. The highest BCUT2D eigenvalue weighted by Gasteiger charge is 2.32. The van der Waals surface area contributed by atoms with Crippen molar-refractivity contribution in [3.8, 4) is 0 Å². The van der Waals surface area contributed by atoms with Gasteiger partial charge in [-0.2, -0.15) is 0 Å². The van der Waals surface area contributed by atoms with Crippen LogP contribution in [-0.4, -0.2) is 41.6 Å². The molecule has 0 spiro atoms. The maximum Gasteiger partial charge on any atom is 0.329 e. The zero-order chi connectivity index (χ0) is 14.2. The van der Waals surface area contributed by atoms with Crippen LogP contribution in [0.5, 0.6) is 0 Å². The van der Waals surface area contributed by atoms with Crippen molar-refractivity contribution in [1.29, 1.82) is 0 Å². The molecule has 0 heterocycles. The van der Waals surface area contributed by atoms with Crippen molar-refractivity contribution in [3.63, 3.8) is 0 Å². The van der Waals surface area contributed by atoms with Gasteiger partial charge in [0.15, 0.2) is 0 Å². The second-order valence-electron chi connectivity index (χ2n) is 4.08. The molecule has 4 N–H and O–H groups in total. The van der Waals surface area contributed by atoms with Crippen LogP contribution in [0.3, 0.4) is 0 Å². The minimum absolute atomic E-state index is 0.158. The summed E-state index contributed by atoms with van der Waals surface area (Å²) in [5.74, 6) is -1.25. The molecule has 0 aromatic heterocycles. The van der Waals surface area contributed by atoms with E-state index in [-0.39, 0.29) is 25.3 Å². The molecule has 0 saturated heterocycles. The Balaban J connectivity index is 4.04. The lowest BCUT2D eigenvalue weighted by Crippen LogP contribution is -2.55. The fourth-order valence-corrected chi connectivity index (χ4v) is 1.16. The number of nitrogens with one attached hydrogen (secondary N) is 3. The molecule has 0 saturated carbocycles. The number of carbonyl (C=O) groups is 3. The van der Waals surface area contributed by atoms with Crippen LogP contribution in [0.4, 0.5) is 4.79 Å². The summed E-state index contributed by atoms with van der Waals surface area (Å²) >= 11 is 0. The van der Waals surface area contributed by atoms with E-state index in [4.69, 9.17) is 5.11 Å². The van der Waals surface area contributed by atoms with Gasteiger partial charge in [-0.3, -0.25) is 4.79 Å². The highest BCUT2D eigenvalue weighted by molar-refractivity contribution is 5.86. The molecule has 0 radical (unpaired) electrons. The number of hydrogen-bond acceptors (Lipinski definition) is 3. The number of amides is 3. The van der Waals surface area contributed by atoms with Gasteiger partial charge < -0.3 is 21.1 Å². The van der Waals surface area contributed by atoms with E-state index in [2.05, 4.69) is 16.0 Å². The van der Waals surface area contributed by atoms with Crippen LogP contribution in [0.25, 0.3) is 0 Å². The average molecular weight is 259 g/mol. The van der Waals surface area contributed by atoms with Crippen molar-refractivity contribution in [3.05, 3.63) is 0 Å². The van der Waals surface area contributed by atoms with Gasteiger partial charge in [0, 0.05) is 19.5 Å². The largest absolute Gasteiger partial charge is 0.480 e. The first-order valence-electron chi connectivity index (χ1n) is 5.91. The van der Waals surface area contributed by atoms with Gasteiger partial charge in [0.1, 0.15) is 5.54 Å². The highest BCUT2D eigenvalue weighted by Crippen LogP contribution is 2.08. The Kier molecular flexibility index (Phi) is 6.77. The lowest BCUT2D eigenvalue weighted by Gasteiger charge is -2.24. The van der Waals surface area contributed by atoms with Gasteiger partial charge in [-0.25, -0.2) is 9.59 Å². The molecule has 0 rings (SSSR count). The molecule has 0 aliphatic carbocycles. The second kappa shape index (κ2) is 7.52. The molecule has 0 bridgehead atoms. The Morgan fingerprint density at radius 3 is 2.22 bits per heavy atom. The highest BCUT2D eigenvalue weighted by atomic mass is 16.4. The summed E-state index contributed by atoms with van der Waals surface area (Å²) in [5, 5.41) is 16.4. The summed E-state index contributed by atoms with van der Waals surface area (Å²) in [6.07, 6.45) is 0.434. The van der Waals surface area contributed by atoms with Gasteiger partial charge in [-0.1, -0.05) is 6.92 Å². The SMILES string of the molecule is CCNC(=O)CCNC(=O)NC(C)(CC)C(=O)O. The summed E-state index contributed by atoms with van der Waals surface area (Å²) in [6.45, 7) is 5.61. The van der Waals surface area contributed by atoms with Crippen molar-refractivity contribution < 1.29 is 19.5 Å². The predicted octanol–water partition coefficient (Wildman–Crippen LogP) is 0.0651. The molecule has 0 fully saturated rings. The lowest BCUT2D eigenvalue weighted by molar-refractivity contribution is -0.143. The van der Waals surface area contributed by atoms with E-state index < -0.39 is 17.5 Å². The Morgan fingerprint density at radius 1 is 1.17 bits per heavy atom. The van der Waals surface area contributed by atoms with Crippen LogP contribution in [0, 0.1) is 0 Å². The summed E-state index contributed by atoms with van der Waals surface area (Å²) < 4.78 is 0. The molecular weight excluding hydrogens is 238 g/mol. The monoisotopic (exact) mass is 259 g/mol. The molecule has 0 aromatic carbocycles. The fraction of sp³-hybridized carbons (Fsp3) is 0.727. The Labute approximate surface area is 106 Å². The number of aliphatic carboxylic acids is 1. The van der Waals surface area contributed by atoms with E-state index in [9.17, 15) is 14.4 Å². The van der Waals surface area contributed by atoms with Crippen molar-refractivity contribution in [2.45, 2.75) is 39.2 Å². The second-order valence-corrected chi connectivity index (χ2v) is 4.08. The quantitative estimate of drug-likeness (QED) is 0.518. The van der Waals surface area contributed by atoms with Crippen LogP contribution in [0.2, 0.25) is 0 Å². The maximum absolute atomic E-state index is 11.4. The number of carbonyl (C=O) groups excluding carboxylic acids is 2. The molecule has 104 valence electrons. The summed E-state index contributed by atoms with van der Waals surface area (Å²) in [6, 6.07) is -0.592. The van der Waals surface area contributed by atoms with Crippen LogP contribution < -0.4 is 16.0 Å². The molecule has 0 aromatic rings. The normalized spacial score (nSPS) is 13.3. The molecule has 3 amide bonds. The summed E-state index contributed by atoms with van der Waals surface area (Å²) in [4.78, 5) is 33.5. The van der Waals surface area contributed by atoms with Gasteiger partial charge >= 0.3 is 12.0 Å². The van der Waals surface area contributed by atoms with Gasteiger partial charge in [0.05, 0.1) is 0 Å². The fourth-order valence-electron chi connectivity index (χ4n) is 1.16. The van der Waals surface area contributed by atoms with Crippen molar-refractivity contribution in [2.75, 3.05) is 13.1 Å². The molecular formula is C11H21N3O4. The molecule has 0 aliphatic rings. The lowest BCUT2D eigenvalue weighted by atomic mass is 10.00. The number of carboxylic acids is 1. The average Bonchev–Trinajstić information content (AvgIpc) is 2.28. The van der Waals surface area contributed by atoms with Crippen molar-refractivity contribution in [2.24, 2.45) is 0 Å². The van der Waals surface area contributed by atoms with Crippen molar-refractivity contribution in [1.82, 2.24) is 16.0 Å². The number of rotatable bonds is 7. The first-order valence-corrected chi connectivity index (χ1v) is 5.91. The summed E-state index contributed by atoms with van der Waals surface area (Å²) in [7, 11) is 0. The third-order valence-corrected chi connectivity index (χ3v) is 2.58. The van der Waals surface area contributed by atoms with E-state index in [1.165, 1.54) is 6.92 Å². The molecule has 7 nitrogen and oxygen atoms in total. The molecule has 1 unspecified atom stereocenters. The predicted molar refractivity (Wildman–Crippen MR) is 66.2 cm³/mol. The van der Waals surface area contributed by atoms with E-state index >= 15 is 0 Å². The van der Waals surface area contributed by atoms with Gasteiger partial charge in [-0.05, 0) is 20.3 Å². The molecule has 1 atom stereocenters. The standard InChI is InChI=1S/C11H21N3O4/c1-4-11(3,9(16)17)14-10(18)13-7-6-8(15)12-5-2/h4-7H2,1-3H3,(H,12,15)(H,16,17)(H2,13,14,18). The maximum atomic E-state index is 11.4. The Hall–Kier alpha value is -1.79. The first kappa shape index (κ1) is 16.2. The number of hydrogen-bond donors (Lipinski definition) is 4. The van der Waals surface area contributed by atoms with Crippen LogP contribution >= 0.6 is 0 Å². The minimum atomic E-state index is -1.30. The van der Waals surface area contributed by atoms with E-state index in [0.717, 1.165) is 0 Å². The van der Waals surface area contributed by atoms with Gasteiger partial charge in [0.25, 0.3) is 0 Å². The zero-order valence-electron chi connectivity index (χ0n) is 11.0. The molecule has 18 heavy (non-hydrogen) atoms. The molecule has 0 aliphatic heterocycles. The van der Waals surface area contributed by atoms with Crippen LogP contribution in [-0.2, 0) is 9.59 Å². The topological polar surface area (TPSA) is 108 Å². The van der Waals surface area contributed by atoms with Crippen LogP contribution in [0.1, 0.15) is 33.6 Å². The molecule has 7 heteroatoms. The van der Waals surface area contributed by atoms with E-state index in [1.54, 1.807) is 13.8 Å². The smallest absolute Gasteiger partial charge is 0.329 e. The third-order valence-electron chi connectivity index (χ3n) is 2.58. The van der Waals surface area contributed by atoms with E-state index in [1.807, 2.05) is 0 Å². The number of carboxylic acid groups (broad SMARTS) is 1. The van der Waals surface area contributed by atoms with Crippen LogP contribution in [0.15, 0.2) is 0 Å². The zero-order valence-corrected chi connectivity index (χ0v) is 11.0. The van der Waals surface area contributed by atoms with E-state index in [0.29, 0.717) is 6.54 Å².